The van der Waals surface area contributed by atoms with Crippen LogP contribution in [0.3, 0.4) is 0 Å². The molecule has 0 aliphatic carbocycles. The van der Waals surface area contributed by atoms with Crippen molar-refractivity contribution in [1.82, 2.24) is 0 Å². The fraction of sp³-hybridized carbons (Fsp3) is 0.933. The second kappa shape index (κ2) is 26.6. The lowest BCUT2D eigenvalue weighted by molar-refractivity contribution is -0.119. The average Bonchev–Trinajstić information content (AvgIpc) is 2.77. The summed E-state index contributed by atoms with van der Waals surface area (Å²) in [7, 11) is 0. The fourth-order valence-electron chi connectivity index (χ4n) is 4.58. The van der Waals surface area contributed by atoms with Crippen LogP contribution in [0, 0.1) is 0 Å². The zero-order valence-corrected chi connectivity index (χ0v) is 22.2. The Labute approximate surface area is 202 Å². The number of unbranched alkanes of at least 4 members (excludes halogenated alkanes) is 21. The molecule has 0 radical (unpaired) electrons. The number of Topliss-reactive ketones (excluding diaryl/α,β-unsaturated/α-hetero) is 2. The molecule has 0 N–H and O–H groups in total. The van der Waals surface area contributed by atoms with Gasteiger partial charge >= 0.3 is 0 Å². The van der Waals surface area contributed by atoms with E-state index in [2.05, 4.69) is 6.92 Å². The van der Waals surface area contributed by atoms with E-state index < -0.39 is 0 Å². The van der Waals surface area contributed by atoms with E-state index in [1.165, 1.54) is 128 Å². The van der Waals surface area contributed by atoms with Gasteiger partial charge in [0.1, 0.15) is 11.6 Å². The summed E-state index contributed by atoms with van der Waals surface area (Å²) in [6.45, 7) is 3.97. The van der Waals surface area contributed by atoms with Crippen molar-refractivity contribution >= 4 is 11.6 Å². The van der Waals surface area contributed by atoms with Crippen LogP contribution in [0.2, 0.25) is 0 Å². The summed E-state index contributed by atoms with van der Waals surface area (Å²) in [6, 6.07) is 0. The summed E-state index contributed by atoms with van der Waals surface area (Å²) in [5.74, 6) is 0.831. The van der Waals surface area contributed by atoms with Crippen LogP contribution in [0.4, 0.5) is 0 Å². The van der Waals surface area contributed by atoms with Crippen molar-refractivity contribution in [1.29, 1.82) is 0 Å². The molecule has 190 valence electrons. The van der Waals surface area contributed by atoms with Crippen LogP contribution in [0.15, 0.2) is 0 Å². The van der Waals surface area contributed by atoms with Gasteiger partial charge in [-0.25, -0.2) is 0 Å². The third-order valence-corrected chi connectivity index (χ3v) is 6.79. The molecule has 0 aromatic heterocycles. The SMILES string of the molecule is CCCCCCCCCCCCCCC(=O)CCCCCCCCCCCCCC(C)=O. The molecule has 0 aromatic rings. The lowest BCUT2D eigenvalue weighted by Gasteiger charge is -2.04. The van der Waals surface area contributed by atoms with Gasteiger partial charge in [-0.3, -0.25) is 4.79 Å². The topological polar surface area (TPSA) is 34.1 Å². The molecule has 2 heteroatoms. The first kappa shape index (κ1) is 31.3. The van der Waals surface area contributed by atoms with E-state index in [4.69, 9.17) is 0 Å². The molecule has 32 heavy (non-hydrogen) atoms. The fourth-order valence-corrected chi connectivity index (χ4v) is 4.58. The first-order chi connectivity index (χ1) is 15.7. The third-order valence-electron chi connectivity index (χ3n) is 6.79. The molecule has 0 fully saturated rings. The summed E-state index contributed by atoms with van der Waals surface area (Å²) in [5.41, 5.74) is 0. The van der Waals surface area contributed by atoms with E-state index in [0.29, 0.717) is 11.6 Å². The van der Waals surface area contributed by atoms with E-state index in [-0.39, 0.29) is 0 Å². The number of rotatable bonds is 27. The molecule has 0 atom stereocenters. The number of carbonyl (C=O) groups excluding carboxylic acids is 2. The Morgan fingerprint density at radius 1 is 0.375 bits per heavy atom. The van der Waals surface area contributed by atoms with Gasteiger partial charge < -0.3 is 4.79 Å². The summed E-state index contributed by atoms with van der Waals surface area (Å²) in [6.07, 6.45) is 32.6. The van der Waals surface area contributed by atoms with Crippen LogP contribution < -0.4 is 0 Å². The van der Waals surface area contributed by atoms with Crippen molar-refractivity contribution < 1.29 is 9.59 Å². The van der Waals surface area contributed by atoms with Gasteiger partial charge in [0.05, 0.1) is 0 Å². The summed E-state index contributed by atoms with van der Waals surface area (Å²) in [5, 5.41) is 0. The quantitative estimate of drug-likeness (QED) is 0.117. The maximum absolute atomic E-state index is 12.0. The predicted molar refractivity (Wildman–Crippen MR) is 141 cm³/mol. The molecular weight excluding hydrogens is 392 g/mol. The number of ketones is 2. The van der Waals surface area contributed by atoms with Gasteiger partial charge in [-0.1, -0.05) is 135 Å². The zero-order valence-electron chi connectivity index (χ0n) is 22.2. The molecule has 0 heterocycles. The lowest BCUT2D eigenvalue weighted by atomic mass is 10.0. The minimum Gasteiger partial charge on any atom is -0.300 e. The Balaban J connectivity index is 3.16. The van der Waals surface area contributed by atoms with Gasteiger partial charge in [-0.05, 0) is 26.2 Å². The van der Waals surface area contributed by atoms with Crippen LogP contribution in [-0.4, -0.2) is 11.6 Å². The van der Waals surface area contributed by atoms with Crippen molar-refractivity contribution in [3.63, 3.8) is 0 Å². The largest absolute Gasteiger partial charge is 0.300 e. The summed E-state index contributed by atoms with van der Waals surface area (Å²) >= 11 is 0. The monoisotopic (exact) mass is 450 g/mol. The van der Waals surface area contributed by atoms with Gasteiger partial charge in [-0.15, -0.1) is 0 Å². The Kier molecular flexibility index (Phi) is 26.0. The zero-order chi connectivity index (χ0) is 23.5. The number of hydrogen-bond donors (Lipinski definition) is 0. The lowest BCUT2D eigenvalue weighted by Crippen LogP contribution is -1.97. The van der Waals surface area contributed by atoms with E-state index in [1.807, 2.05) is 0 Å². The van der Waals surface area contributed by atoms with Gasteiger partial charge in [-0.2, -0.15) is 0 Å². The first-order valence-corrected chi connectivity index (χ1v) is 14.7. The third kappa shape index (κ3) is 27.4. The van der Waals surface area contributed by atoms with Gasteiger partial charge in [0, 0.05) is 19.3 Å². The van der Waals surface area contributed by atoms with Crippen LogP contribution in [0.1, 0.15) is 181 Å². The minimum absolute atomic E-state index is 0.330. The molecule has 0 aromatic carbocycles. The Hall–Kier alpha value is -0.660. The molecule has 0 aliphatic heterocycles. The molecule has 0 saturated carbocycles. The predicted octanol–water partition coefficient (Wildman–Crippen LogP) is 10.3. The minimum atomic E-state index is 0.330. The normalized spacial score (nSPS) is 11.2. The molecule has 0 aliphatic rings. The van der Waals surface area contributed by atoms with Gasteiger partial charge in [0.2, 0.25) is 0 Å². The standard InChI is InChI=1S/C30H58O2/c1-3-4-5-6-7-8-9-12-15-18-21-24-27-30(32)28-25-22-19-16-13-10-11-14-17-20-23-26-29(2)31/h3-28H2,1-2H3. The number of hydrogen-bond acceptors (Lipinski definition) is 2. The Morgan fingerprint density at radius 3 is 0.906 bits per heavy atom. The van der Waals surface area contributed by atoms with Gasteiger partial charge in [0.15, 0.2) is 0 Å². The van der Waals surface area contributed by atoms with Crippen LogP contribution in [0.5, 0.6) is 0 Å². The van der Waals surface area contributed by atoms with Crippen molar-refractivity contribution in [3.05, 3.63) is 0 Å². The van der Waals surface area contributed by atoms with E-state index >= 15 is 0 Å². The molecule has 0 saturated heterocycles. The molecule has 2 nitrogen and oxygen atoms in total. The average molecular weight is 451 g/mol. The molecule has 0 unspecified atom stereocenters. The van der Waals surface area contributed by atoms with Gasteiger partial charge in [0.25, 0.3) is 0 Å². The van der Waals surface area contributed by atoms with Crippen LogP contribution >= 0.6 is 0 Å². The van der Waals surface area contributed by atoms with E-state index in [9.17, 15) is 9.59 Å². The highest BCUT2D eigenvalue weighted by molar-refractivity contribution is 5.78. The van der Waals surface area contributed by atoms with Crippen molar-refractivity contribution in [3.8, 4) is 0 Å². The highest BCUT2D eigenvalue weighted by atomic mass is 16.1. The van der Waals surface area contributed by atoms with E-state index in [1.54, 1.807) is 6.92 Å². The molecular formula is C30H58O2. The maximum atomic E-state index is 12.0. The Bertz CT molecular complexity index is 402. The highest BCUT2D eigenvalue weighted by Gasteiger charge is 2.02. The molecule has 0 bridgehead atoms. The second-order valence-electron chi connectivity index (χ2n) is 10.3. The highest BCUT2D eigenvalue weighted by Crippen LogP contribution is 2.15. The maximum Gasteiger partial charge on any atom is 0.132 e. The molecule has 0 rings (SSSR count). The smallest absolute Gasteiger partial charge is 0.132 e. The second-order valence-corrected chi connectivity index (χ2v) is 10.3. The van der Waals surface area contributed by atoms with Crippen molar-refractivity contribution in [2.24, 2.45) is 0 Å². The van der Waals surface area contributed by atoms with Crippen molar-refractivity contribution in [2.75, 3.05) is 0 Å². The van der Waals surface area contributed by atoms with Crippen molar-refractivity contribution in [2.45, 2.75) is 181 Å². The summed E-state index contributed by atoms with van der Waals surface area (Å²) in [4.78, 5) is 22.9. The van der Waals surface area contributed by atoms with Crippen LogP contribution in [-0.2, 0) is 9.59 Å². The Morgan fingerprint density at radius 2 is 0.625 bits per heavy atom. The van der Waals surface area contributed by atoms with Crippen LogP contribution in [0.25, 0.3) is 0 Å². The summed E-state index contributed by atoms with van der Waals surface area (Å²) < 4.78 is 0. The molecule has 0 spiro atoms. The van der Waals surface area contributed by atoms with E-state index in [0.717, 1.165) is 38.5 Å². The molecule has 0 amide bonds. The number of carbonyl (C=O) groups is 2. The first-order valence-electron chi connectivity index (χ1n) is 14.7.